The lowest BCUT2D eigenvalue weighted by Gasteiger charge is -2.08. The third-order valence-corrected chi connectivity index (χ3v) is 3.63. The fourth-order valence-electron chi connectivity index (χ4n) is 2.24. The van der Waals surface area contributed by atoms with Crippen LogP contribution in [0.15, 0.2) is 28.7 Å². The molecule has 0 unspecified atom stereocenters. The summed E-state index contributed by atoms with van der Waals surface area (Å²) < 4.78 is 8.28. The van der Waals surface area contributed by atoms with Gasteiger partial charge in [0.15, 0.2) is 0 Å². The van der Waals surface area contributed by atoms with Crippen LogP contribution >= 0.6 is 15.9 Å². The molecule has 2 N–H and O–H groups in total. The van der Waals surface area contributed by atoms with E-state index < -0.39 is 0 Å². The highest BCUT2D eigenvalue weighted by molar-refractivity contribution is 9.10. The van der Waals surface area contributed by atoms with Crippen molar-refractivity contribution in [2.75, 3.05) is 5.73 Å². The van der Waals surface area contributed by atoms with Gasteiger partial charge in [-0.05, 0) is 24.3 Å². The van der Waals surface area contributed by atoms with Crippen LogP contribution in [-0.4, -0.2) is 4.57 Å². The first kappa shape index (κ1) is 11.3. The second-order valence-corrected chi connectivity index (χ2v) is 5.02. The van der Waals surface area contributed by atoms with Crippen LogP contribution in [0.5, 0.6) is 0 Å². The number of anilines is 1. The molecule has 2 aromatic rings. The Morgan fingerprint density at radius 2 is 2.00 bits per heavy atom. The molecule has 0 saturated heterocycles. The average Bonchev–Trinajstić information content (AvgIpc) is 2.93. The Labute approximate surface area is 113 Å². The minimum absolute atomic E-state index is 0.485. The Kier molecular flexibility index (Phi) is 2.62. The van der Waals surface area contributed by atoms with E-state index in [1.807, 2.05) is 28.8 Å². The summed E-state index contributed by atoms with van der Waals surface area (Å²) in [5.74, 6) is 0. The third-order valence-electron chi connectivity index (χ3n) is 3.10. The van der Waals surface area contributed by atoms with Crippen molar-refractivity contribution in [1.82, 2.24) is 4.57 Å². The SMILES string of the molecule is N#Cc1c(N)c2c(n1-c1ccc(Br)cc1)COC2. The van der Waals surface area contributed by atoms with Gasteiger partial charge in [0.25, 0.3) is 0 Å². The molecule has 0 saturated carbocycles. The van der Waals surface area contributed by atoms with Gasteiger partial charge in [0.1, 0.15) is 11.8 Å². The highest BCUT2D eigenvalue weighted by Crippen LogP contribution is 2.34. The Hall–Kier alpha value is -1.77. The molecule has 90 valence electrons. The lowest BCUT2D eigenvalue weighted by Crippen LogP contribution is -2.03. The summed E-state index contributed by atoms with van der Waals surface area (Å²) in [7, 11) is 0. The lowest BCUT2D eigenvalue weighted by molar-refractivity contribution is 0.132. The zero-order valence-electron chi connectivity index (χ0n) is 9.48. The van der Waals surface area contributed by atoms with E-state index in [0.29, 0.717) is 24.6 Å². The predicted octanol–water partition coefficient (Wildman–Crippen LogP) is 2.72. The number of nitriles is 1. The van der Waals surface area contributed by atoms with Crippen molar-refractivity contribution in [1.29, 1.82) is 5.26 Å². The maximum atomic E-state index is 9.27. The quantitative estimate of drug-likeness (QED) is 0.881. The number of halogens is 1. The van der Waals surface area contributed by atoms with E-state index in [1.165, 1.54) is 0 Å². The van der Waals surface area contributed by atoms with Crippen LogP contribution < -0.4 is 5.73 Å². The largest absolute Gasteiger partial charge is 0.396 e. The minimum atomic E-state index is 0.485. The molecule has 4 nitrogen and oxygen atoms in total. The van der Waals surface area contributed by atoms with Crippen molar-refractivity contribution in [3.8, 4) is 11.8 Å². The number of aromatic nitrogens is 1. The van der Waals surface area contributed by atoms with Gasteiger partial charge in [-0.15, -0.1) is 0 Å². The standard InChI is InChI=1S/C13H10BrN3O/c14-8-1-3-9(4-2-8)17-11(5-15)13(16)10-6-18-7-12(10)17/h1-4H,6-7,16H2. The van der Waals surface area contributed by atoms with Crippen LogP contribution in [0.25, 0.3) is 5.69 Å². The van der Waals surface area contributed by atoms with Crippen molar-refractivity contribution in [2.24, 2.45) is 0 Å². The molecule has 18 heavy (non-hydrogen) atoms. The Morgan fingerprint density at radius 1 is 1.28 bits per heavy atom. The van der Waals surface area contributed by atoms with Gasteiger partial charge < -0.3 is 15.0 Å². The Morgan fingerprint density at radius 3 is 2.67 bits per heavy atom. The van der Waals surface area contributed by atoms with Crippen LogP contribution in [0.2, 0.25) is 0 Å². The summed E-state index contributed by atoms with van der Waals surface area (Å²) in [5, 5.41) is 9.27. The molecule has 0 amide bonds. The van der Waals surface area contributed by atoms with Crippen molar-refractivity contribution in [2.45, 2.75) is 13.2 Å². The summed E-state index contributed by atoms with van der Waals surface area (Å²) in [6, 6.07) is 9.95. The second kappa shape index (κ2) is 4.16. The number of nitrogens with two attached hydrogens (primary N) is 1. The summed E-state index contributed by atoms with van der Waals surface area (Å²) in [4.78, 5) is 0. The highest BCUT2D eigenvalue weighted by atomic mass is 79.9. The first-order chi connectivity index (χ1) is 8.72. The van der Waals surface area contributed by atoms with Gasteiger partial charge in [0.05, 0.1) is 24.6 Å². The molecule has 0 bridgehead atoms. The number of nitrogen functional groups attached to an aromatic ring is 1. The zero-order chi connectivity index (χ0) is 12.7. The van der Waals surface area contributed by atoms with Gasteiger partial charge in [0.2, 0.25) is 0 Å². The number of hydrogen-bond acceptors (Lipinski definition) is 3. The molecule has 1 aliphatic rings. The molecule has 3 rings (SSSR count). The predicted molar refractivity (Wildman–Crippen MR) is 71.1 cm³/mol. The number of hydrogen-bond donors (Lipinski definition) is 1. The lowest BCUT2D eigenvalue weighted by atomic mass is 10.2. The summed E-state index contributed by atoms with van der Waals surface area (Å²) >= 11 is 3.40. The van der Waals surface area contributed by atoms with Crippen molar-refractivity contribution < 1.29 is 4.74 Å². The van der Waals surface area contributed by atoms with Gasteiger partial charge in [-0.3, -0.25) is 0 Å². The van der Waals surface area contributed by atoms with Gasteiger partial charge >= 0.3 is 0 Å². The van der Waals surface area contributed by atoms with E-state index in [2.05, 4.69) is 22.0 Å². The van der Waals surface area contributed by atoms with Gasteiger partial charge in [0, 0.05) is 15.7 Å². The number of rotatable bonds is 1. The third kappa shape index (κ3) is 1.54. The summed E-state index contributed by atoms with van der Waals surface area (Å²) in [6.45, 7) is 0.983. The number of fused-ring (bicyclic) bond motifs is 1. The maximum Gasteiger partial charge on any atom is 0.148 e. The molecular formula is C13H10BrN3O. The molecule has 0 spiro atoms. The van der Waals surface area contributed by atoms with Crippen LogP contribution in [0.1, 0.15) is 17.0 Å². The van der Waals surface area contributed by atoms with Gasteiger partial charge in [-0.1, -0.05) is 15.9 Å². The number of ether oxygens (including phenoxy) is 1. The van der Waals surface area contributed by atoms with Crippen LogP contribution in [-0.2, 0) is 18.0 Å². The van der Waals surface area contributed by atoms with Crippen molar-refractivity contribution >= 4 is 21.6 Å². The van der Waals surface area contributed by atoms with Gasteiger partial charge in [-0.25, -0.2) is 0 Å². The van der Waals surface area contributed by atoms with Crippen LogP contribution in [0, 0.1) is 11.3 Å². The van der Waals surface area contributed by atoms with Crippen molar-refractivity contribution in [3.63, 3.8) is 0 Å². The monoisotopic (exact) mass is 303 g/mol. The fourth-order valence-corrected chi connectivity index (χ4v) is 2.50. The molecule has 0 aliphatic carbocycles. The van der Waals surface area contributed by atoms with E-state index in [9.17, 15) is 5.26 Å². The zero-order valence-corrected chi connectivity index (χ0v) is 11.1. The van der Waals surface area contributed by atoms with Crippen molar-refractivity contribution in [3.05, 3.63) is 45.7 Å². The van der Waals surface area contributed by atoms with Crippen LogP contribution in [0.4, 0.5) is 5.69 Å². The molecule has 2 heterocycles. The molecule has 0 atom stereocenters. The van der Waals surface area contributed by atoms with Crippen LogP contribution in [0.3, 0.4) is 0 Å². The van der Waals surface area contributed by atoms with Gasteiger partial charge in [-0.2, -0.15) is 5.26 Å². The average molecular weight is 304 g/mol. The maximum absolute atomic E-state index is 9.27. The molecule has 0 fully saturated rings. The van der Waals surface area contributed by atoms with E-state index in [-0.39, 0.29) is 0 Å². The topological polar surface area (TPSA) is 64.0 Å². The molecule has 1 aromatic carbocycles. The van der Waals surface area contributed by atoms with E-state index in [4.69, 9.17) is 10.5 Å². The number of benzene rings is 1. The Balaban J connectivity index is 2.26. The fraction of sp³-hybridized carbons (Fsp3) is 0.154. The highest BCUT2D eigenvalue weighted by Gasteiger charge is 2.25. The summed E-state index contributed by atoms with van der Waals surface area (Å²) in [6.07, 6.45) is 0. The number of nitrogens with zero attached hydrogens (tertiary/aromatic N) is 2. The first-order valence-corrected chi connectivity index (χ1v) is 6.27. The Bertz CT molecular complexity index is 652. The first-order valence-electron chi connectivity index (χ1n) is 5.48. The normalized spacial score (nSPS) is 13.3. The molecule has 5 heteroatoms. The van der Waals surface area contributed by atoms with E-state index in [0.717, 1.165) is 21.4 Å². The smallest absolute Gasteiger partial charge is 0.148 e. The molecule has 0 radical (unpaired) electrons. The molecule has 1 aromatic heterocycles. The van der Waals surface area contributed by atoms with E-state index >= 15 is 0 Å². The molecular weight excluding hydrogens is 294 g/mol. The minimum Gasteiger partial charge on any atom is -0.396 e. The molecule has 1 aliphatic heterocycles. The van der Waals surface area contributed by atoms with E-state index in [1.54, 1.807) is 0 Å². The second-order valence-electron chi connectivity index (χ2n) is 4.10. The summed E-state index contributed by atoms with van der Waals surface area (Å²) in [5.41, 5.74) is 9.87.